The highest BCUT2D eigenvalue weighted by Gasteiger charge is 2.68. The molecule has 1 fully saturated rings. The molecule has 1 saturated carbocycles. The number of carbonyl (C=O) groups excluding carboxylic acids is 4. The molecule has 0 radical (unpaired) electrons. The molecule has 43 heavy (non-hydrogen) atoms. The van der Waals surface area contributed by atoms with Crippen molar-refractivity contribution in [1.82, 2.24) is 10.2 Å². The maximum absolute atomic E-state index is 14.0. The number of benzene rings is 1. The first-order chi connectivity index (χ1) is 19.1. The third-order valence-electron chi connectivity index (χ3n) is 8.24. The van der Waals surface area contributed by atoms with Crippen LogP contribution >= 0.6 is 24.8 Å². The number of ketones is 2. The molecule has 3 aliphatic carbocycles. The molecule has 0 saturated heterocycles. The molecule has 1 aromatic rings. The van der Waals surface area contributed by atoms with Crippen molar-refractivity contribution >= 4 is 59.6 Å². The number of aliphatic hydroxyl groups excluding tert-OH is 3. The van der Waals surface area contributed by atoms with Gasteiger partial charge in [0, 0.05) is 11.5 Å². The minimum absolute atomic E-state index is 0. The molecule has 0 aromatic heterocycles. The van der Waals surface area contributed by atoms with Crippen molar-refractivity contribution in [2.24, 2.45) is 23.5 Å². The van der Waals surface area contributed by atoms with Crippen LogP contribution in [0.2, 0.25) is 0 Å². The van der Waals surface area contributed by atoms with E-state index in [2.05, 4.69) is 10.6 Å². The van der Waals surface area contributed by atoms with Gasteiger partial charge in [-0.25, -0.2) is 0 Å². The topological polar surface area (TPSA) is 223 Å². The number of primary amides is 1. The average molecular weight is 646 g/mol. The molecule has 2 amide bonds. The van der Waals surface area contributed by atoms with Crippen molar-refractivity contribution in [3.8, 4) is 5.75 Å². The largest absolute Gasteiger partial charge is 0.508 e. The molecule has 0 bridgehead atoms. The van der Waals surface area contributed by atoms with Crippen molar-refractivity contribution in [3.63, 3.8) is 0 Å². The number of nitrogens with two attached hydrogens (primary N) is 1. The van der Waals surface area contributed by atoms with Crippen LogP contribution in [0.3, 0.4) is 0 Å². The van der Waals surface area contributed by atoms with Crippen molar-refractivity contribution in [3.05, 3.63) is 40.2 Å². The lowest BCUT2D eigenvalue weighted by Gasteiger charge is -2.53. The Morgan fingerprint density at radius 2 is 1.72 bits per heavy atom. The van der Waals surface area contributed by atoms with Crippen LogP contribution < -0.4 is 16.4 Å². The summed E-state index contributed by atoms with van der Waals surface area (Å²) >= 11 is 0. The van der Waals surface area contributed by atoms with Gasteiger partial charge in [-0.3, -0.25) is 24.1 Å². The number of anilines is 1. The van der Waals surface area contributed by atoms with Crippen LogP contribution in [-0.4, -0.2) is 98.7 Å². The van der Waals surface area contributed by atoms with E-state index in [0.29, 0.717) is 18.0 Å². The predicted octanol–water partition coefficient (Wildman–Crippen LogP) is 0.524. The van der Waals surface area contributed by atoms with Crippen LogP contribution in [0.5, 0.6) is 5.75 Å². The Kier molecular flexibility index (Phi) is 10.7. The zero-order valence-electron chi connectivity index (χ0n) is 24.2. The molecule has 0 spiro atoms. The summed E-state index contributed by atoms with van der Waals surface area (Å²) in [7, 11) is 2.88. The molecule has 6 atom stereocenters. The Bertz CT molecular complexity index is 1410. The quantitative estimate of drug-likeness (QED) is 0.151. The molecule has 15 heteroatoms. The number of fused-ring (bicyclic) bond motifs is 3. The number of likely N-dealkylation sites (N-methyl/N-ethyl adjacent to an activating group) is 1. The second-order valence-electron chi connectivity index (χ2n) is 11.5. The van der Waals surface area contributed by atoms with Crippen LogP contribution in [0.4, 0.5) is 5.69 Å². The number of rotatable bonds is 7. The van der Waals surface area contributed by atoms with Gasteiger partial charge in [0.25, 0.3) is 5.91 Å². The van der Waals surface area contributed by atoms with E-state index in [4.69, 9.17) is 5.73 Å². The lowest BCUT2D eigenvalue weighted by molar-refractivity contribution is -0.169. The van der Waals surface area contributed by atoms with Crippen molar-refractivity contribution in [2.45, 2.75) is 44.4 Å². The molecular formula is C28H38Cl2N4O9. The number of halogens is 2. The van der Waals surface area contributed by atoms with Crippen LogP contribution in [0.15, 0.2) is 29.0 Å². The van der Waals surface area contributed by atoms with Gasteiger partial charge in [0.1, 0.15) is 22.8 Å². The van der Waals surface area contributed by atoms with E-state index in [1.807, 2.05) is 13.8 Å². The number of hydrogen-bond donors (Lipinski definition) is 8. The van der Waals surface area contributed by atoms with E-state index in [1.165, 1.54) is 31.1 Å². The number of nitrogens with zero attached hydrogens (tertiary/aromatic N) is 1. The minimum Gasteiger partial charge on any atom is -0.508 e. The van der Waals surface area contributed by atoms with E-state index in [9.17, 15) is 44.7 Å². The fourth-order valence-corrected chi connectivity index (χ4v) is 6.39. The zero-order chi connectivity index (χ0) is 30.7. The normalized spacial score (nSPS) is 28.1. The number of amides is 2. The van der Waals surface area contributed by atoms with Gasteiger partial charge in [-0.1, -0.05) is 26.8 Å². The van der Waals surface area contributed by atoms with E-state index >= 15 is 0 Å². The smallest absolute Gasteiger partial charge is 0.255 e. The maximum Gasteiger partial charge on any atom is 0.255 e. The van der Waals surface area contributed by atoms with Crippen molar-refractivity contribution < 1.29 is 44.7 Å². The number of phenolic OH excluding ortho intramolecular Hbond substituents is 1. The number of carbonyl (C=O) groups is 4. The molecule has 0 heterocycles. The Hall–Kier alpha value is -3.20. The zero-order valence-corrected chi connectivity index (χ0v) is 25.9. The molecule has 9 N–H and O–H groups in total. The second kappa shape index (κ2) is 12.8. The summed E-state index contributed by atoms with van der Waals surface area (Å²) in [4.78, 5) is 53.1. The maximum atomic E-state index is 14.0. The molecule has 13 nitrogen and oxygen atoms in total. The standard InChI is InChI=1S/C28H36N4O9.2ClH/c1-10(2)8-30-9-14(33)31-13-7-6-12-11(3)15-17(22(35)16(12)21(13)34)25(38)28(41)19(23(15)36)20(32(4)5)24(37)18(26(28)39)27(29)40;;/h6-7,10-11,15,19-20,23,30,34-36,39,41H,8-9H2,1-5H3,(H2,29,40)(H,31,33);2*1H/t11?,15?,19?,20-,23?,28-;;/m0../s1. The monoisotopic (exact) mass is 644 g/mol. The third-order valence-corrected chi connectivity index (χ3v) is 8.24. The molecule has 4 unspecified atom stereocenters. The number of Topliss-reactive ketones (excluding diaryl/α,β-unsaturated/α-hetero) is 2. The van der Waals surface area contributed by atoms with E-state index in [0.717, 1.165) is 0 Å². The average Bonchev–Trinajstić information content (AvgIpc) is 2.87. The van der Waals surface area contributed by atoms with Crippen LogP contribution in [-0.2, 0) is 19.2 Å². The predicted molar refractivity (Wildman–Crippen MR) is 161 cm³/mol. The SMILES string of the molecule is CC(C)CNCC(=O)Nc1ccc2c(c1O)C(O)=C1C(=O)[C@]3(O)C(O)=C(C(N)=O)C(=O)[C@@H](N(C)C)C3C(O)C1C2C.Cl.Cl. The van der Waals surface area contributed by atoms with Crippen molar-refractivity contribution in [2.75, 3.05) is 32.5 Å². The third kappa shape index (κ3) is 5.49. The van der Waals surface area contributed by atoms with Gasteiger partial charge in [-0.05, 0) is 44.1 Å². The van der Waals surface area contributed by atoms with Crippen LogP contribution in [0.1, 0.15) is 37.8 Å². The summed E-state index contributed by atoms with van der Waals surface area (Å²) < 4.78 is 0. The van der Waals surface area contributed by atoms with Crippen LogP contribution in [0.25, 0.3) is 5.76 Å². The van der Waals surface area contributed by atoms with Gasteiger partial charge >= 0.3 is 0 Å². The fraction of sp³-hybridized carbons (Fsp3) is 0.500. The lowest BCUT2D eigenvalue weighted by atomic mass is 9.54. The highest BCUT2D eigenvalue weighted by molar-refractivity contribution is 6.24. The van der Waals surface area contributed by atoms with E-state index in [-0.39, 0.29) is 42.6 Å². The summed E-state index contributed by atoms with van der Waals surface area (Å²) in [5.41, 5.74) is 0.932. The van der Waals surface area contributed by atoms with Crippen LogP contribution in [0, 0.1) is 17.8 Å². The highest BCUT2D eigenvalue weighted by atomic mass is 35.5. The number of hydrogen-bond acceptors (Lipinski definition) is 11. The van der Waals surface area contributed by atoms with Gasteiger partial charge in [0.15, 0.2) is 11.4 Å². The molecule has 3 aliphatic rings. The first-order valence-corrected chi connectivity index (χ1v) is 13.3. The summed E-state index contributed by atoms with van der Waals surface area (Å²) in [6, 6.07) is 1.53. The fourth-order valence-electron chi connectivity index (χ4n) is 6.39. The Labute approximate surface area is 260 Å². The van der Waals surface area contributed by atoms with E-state index < -0.39 is 87.3 Å². The van der Waals surface area contributed by atoms with Crippen molar-refractivity contribution in [1.29, 1.82) is 0 Å². The molecule has 0 aliphatic heterocycles. The molecule has 1 aromatic carbocycles. The molecule has 4 rings (SSSR count). The lowest BCUT2D eigenvalue weighted by Crippen LogP contribution is -2.70. The summed E-state index contributed by atoms with van der Waals surface area (Å²) in [6.07, 6.45) is -1.68. The Morgan fingerprint density at radius 1 is 1.12 bits per heavy atom. The summed E-state index contributed by atoms with van der Waals surface area (Å²) in [5, 5.41) is 62.3. The number of nitrogens with one attached hydrogen (secondary N) is 2. The van der Waals surface area contributed by atoms with Gasteiger partial charge in [-0.15, -0.1) is 24.8 Å². The Morgan fingerprint density at radius 3 is 2.26 bits per heavy atom. The van der Waals surface area contributed by atoms with Gasteiger partial charge in [-0.2, -0.15) is 0 Å². The number of aliphatic hydroxyl groups is 4. The number of aromatic hydroxyl groups is 1. The van der Waals surface area contributed by atoms with Gasteiger partial charge < -0.3 is 41.9 Å². The minimum atomic E-state index is -2.99. The van der Waals surface area contributed by atoms with E-state index in [1.54, 1.807) is 6.92 Å². The first-order valence-electron chi connectivity index (χ1n) is 13.3. The summed E-state index contributed by atoms with van der Waals surface area (Å²) in [5.74, 6) is -9.94. The second-order valence-corrected chi connectivity index (χ2v) is 11.5. The summed E-state index contributed by atoms with van der Waals surface area (Å²) in [6.45, 7) is 6.12. The Balaban J connectivity index is 0.00000323. The molecule has 238 valence electrons. The highest BCUT2D eigenvalue weighted by Crippen LogP contribution is 2.56. The first kappa shape index (κ1) is 36.0. The van der Waals surface area contributed by atoms with Gasteiger partial charge in [0.05, 0.1) is 35.9 Å². The number of phenols is 1. The molecular weight excluding hydrogens is 607 g/mol. The van der Waals surface area contributed by atoms with Gasteiger partial charge in [0.2, 0.25) is 11.7 Å².